The van der Waals surface area contributed by atoms with Crippen molar-refractivity contribution in [2.24, 2.45) is 0 Å². The number of nitrogens with zero attached hydrogens (tertiary/aromatic N) is 1. The second-order valence-corrected chi connectivity index (χ2v) is 4.79. The zero-order valence-electron chi connectivity index (χ0n) is 9.61. The van der Waals surface area contributed by atoms with Crippen molar-refractivity contribution in [3.8, 4) is 0 Å². The Labute approximate surface area is 104 Å². The van der Waals surface area contributed by atoms with Gasteiger partial charge in [-0.05, 0) is 18.6 Å². The lowest BCUT2D eigenvalue weighted by atomic mass is 10.1. The van der Waals surface area contributed by atoms with Crippen molar-refractivity contribution in [2.75, 3.05) is 0 Å². The van der Waals surface area contributed by atoms with Crippen LogP contribution in [-0.2, 0) is 0 Å². The molecule has 5 heteroatoms. The summed E-state index contributed by atoms with van der Waals surface area (Å²) in [6.07, 6.45) is -1.05. The van der Waals surface area contributed by atoms with Crippen molar-refractivity contribution in [3.05, 3.63) is 35.4 Å². The lowest BCUT2D eigenvalue weighted by Crippen LogP contribution is -2.44. The van der Waals surface area contributed by atoms with Crippen LogP contribution in [0.1, 0.15) is 33.6 Å². The Hall–Kier alpha value is -1.72. The minimum absolute atomic E-state index is 0.206. The van der Waals surface area contributed by atoms with E-state index in [4.69, 9.17) is 0 Å². The molecule has 3 atom stereocenters. The Balaban J connectivity index is 1.97. The SMILES string of the molecule is O=C1c2ccccc2C(=O)N1C1CC(O)C[C@H]1O. The van der Waals surface area contributed by atoms with Crippen LogP contribution in [0.4, 0.5) is 0 Å². The quantitative estimate of drug-likeness (QED) is 0.693. The first-order chi connectivity index (χ1) is 8.59. The average molecular weight is 247 g/mol. The van der Waals surface area contributed by atoms with Crippen LogP contribution < -0.4 is 0 Å². The van der Waals surface area contributed by atoms with Gasteiger partial charge >= 0.3 is 0 Å². The summed E-state index contributed by atoms with van der Waals surface area (Å²) in [5.41, 5.74) is 0.743. The van der Waals surface area contributed by atoms with E-state index in [1.807, 2.05) is 0 Å². The van der Waals surface area contributed by atoms with Gasteiger partial charge < -0.3 is 10.2 Å². The van der Waals surface area contributed by atoms with E-state index in [9.17, 15) is 19.8 Å². The fourth-order valence-electron chi connectivity index (χ4n) is 2.75. The summed E-state index contributed by atoms with van der Waals surface area (Å²) in [5, 5.41) is 19.3. The largest absolute Gasteiger partial charge is 0.393 e. The average Bonchev–Trinajstić information content (AvgIpc) is 2.79. The normalized spacial score (nSPS) is 31.0. The number of hydrogen-bond donors (Lipinski definition) is 2. The van der Waals surface area contributed by atoms with Gasteiger partial charge in [-0.2, -0.15) is 0 Å². The molecule has 94 valence electrons. The van der Waals surface area contributed by atoms with Crippen molar-refractivity contribution in [3.63, 3.8) is 0 Å². The molecular weight excluding hydrogens is 234 g/mol. The highest BCUT2D eigenvalue weighted by atomic mass is 16.3. The van der Waals surface area contributed by atoms with E-state index in [1.165, 1.54) is 0 Å². The van der Waals surface area contributed by atoms with Gasteiger partial charge in [0.2, 0.25) is 0 Å². The van der Waals surface area contributed by atoms with Crippen LogP contribution in [0.25, 0.3) is 0 Å². The molecule has 2 unspecified atom stereocenters. The lowest BCUT2D eigenvalue weighted by Gasteiger charge is -2.24. The van der Waals surface area contributed by atoms with E-state index < -0.39 is 18.2 Å². The third-order valence-corrected chi connectivity index (χ3v) is 3.63. The molecule has 2 aliphatic rings. The molecule has 1 fully saturated rings. The molecule has 1 aliphatic carbocycles. The molecular formula is C13H13NO4. The zero-order valence-corrected chi connectivity index (χ0v) is 9.61. The summed E-state index contributed by atoms with van der Waals surface area (Å²) in [7, 11) is 0. The van der Waals surface area contributed by atoms with E-state index >= 15 is 0 Å². The Morgan fingerprint density at radius 1 is 1.00 bits per heavy atom. The van der Waals surface area contributed by atoms with Gasteiger partial charge in [-0.1, -0.05) is 12.1 Å². The molecule has 0 saturated heterocycles. The maximum Gasteiger partial charge on any atom is 0.261 e. The van der Waals surface area contributed by atoms with E-state index in [0.717, 1.165) is 4.90 Å². The highest BCUT2D eigenvalue weighted by Crippen LogP contribution is 2.31. The van der Waals surface area contributed by atoms with E-state index in [2.05, 4.69) is 0 Å². The maximum absolute atomic E-state index is 12.2. The second-order valence-electron chi connectivity index (χ2n) is 4.79. The molecule has 1 aromatic carbocycles. The molecule has 0 aromatic heterocycles. The molecule has 2 amide bonds. The fourth-order valence-corrected chi connectivity index (χ4v) is 2.75. The maximum atomic E-state index is 12.2. The van der Waals surface area contributed by atoms with Crippen molar-refractivity contribution in [1.29, 1.82) is 0 Å². The molecule has 3 rings (SSSR count). The molecule has 1 aliphatic heterocycles. The summed E-state index contributed by atoms with van der Waals surface area (Å²) >= 11 is 0. The van der Waals surface area contributed by atoms with Gasteiger partial charge in [0, 0.05) is 6.42 Å². The molecule has 0 bridgehead atoms. The topological polar surface area (TPSA) is 77.8 Å². The van der Waals surface area contributed by atoms with Crippen molar-refractivity contribution >= 4 is 11.8 Å². The standard InChI is InChI=1S/C13H13NO4/c15-7-5-10(11(16)6-7)14-12(17)8-3-1-2-4-9(8)13(14)18/h1-4,7,10-11,15-16H,5-6H2/t7?,10?,11-/m1/s1. The van der Waals surface area contributed by atoms with E-state index in [-0.39, 0.29) is 24.7 Å². The number of carbonyl (C=O) groups excluding carboxylic acids is 2. The Morgan fingerprint density at radius 3 is 2.00 bits per heavy atom. The first-order valence-electron chi connectivity index (χ1n) is 5.92. The fraction of sp³-hybridized carbons (Fsp3) is 0.385. The summed E-state index contributed by atoms with van der Waals surface area (Å²) in [4.78, 5) is 25.4. The Bertz CT molecular complexity index is 492. The van der Waals surface area contributed by atoms with Crippen LogP contribution in [0.5, 0.6) is 0 Å². The van der Waals surface area contributed by atoms with E-state index in [1.54, 1.807) is 24.3 Å². The minimum Gasteiger partial charge on any atom is -0.393 e. The van der Waals surface area contributed by atoms with Gasteiger partial charge in [0.05, 0.1) is 29.4 Å². The third-order valence-electron chi connectivity index (χ3n) is 3.63. The predicted octanol–water partition coefficient (Wildman–Crippen LogP) is 0.167. The minimum atomic E-state index is -0.845. The Kier molecular flexibility index (Phi) is 2.46. The summed E-state index contributed by atoms with van der Waals surface area (Å²) in [6, 6.07) is 5.99. The van der Waals surface area contributed by atoms with Crippen LogP contribution in [0, 0.1) is 0 Å². The van der Waals surface area contributed by atoms with E-state index in [0.29, 0.717) is 11.1 Å². The number of imide groups is 1. The molecule has 0 spiro atoms. The van der Waals surface area contributed by atoms with Crippen molar-refractivity contribution < 1.29 is 19.8 Å². The molecule has 18 heavy (non-hydrogen) atoms. The van der Waals surface area contributed by atoms with Crippen molar-refractivity contribution in [2.45, 2.75) is 31.1 Å². The number of carbonyl (C=O) groups is 2. The summed E-state index contributed by atoms with van der Waals surface area (Å²) in [5.74, 6) is -0.762. The molecule has 2 N–H and O–H groups in total. The first kappa shape index (κ1) is 11.4. The van der Waals surface area contributed by atoms with Crippen LogP contribution in [-0.4, -0.2) is 45.2 Å². The monoisotopic (exact) mass is 247 g/mol. The Morgan fingerprint density at radius 2 is 1.56 bits per heavy atom. The summed E-state index contributed by atoms with van der Waals surface area (Å²) < 4.78 is 0. The van der Waals surface area contributed by atoms with Crippen LogP contribution in [0.15, 0.2) is 24.3 Å². The van der Waals surface area contributed by atoms with Gasteiger partial charge in [0.25, 0.3) is 11.8 Å². The number of hydrogen-bond acceptors (Lipinski definition) is 4. The van der Waals surface area contributed by atoms with Gasteiger partial charge in [-0.25, -0.2) is 0 Å². The highest BCUT2D eigenvalue weighted by Gasteiger charge is 2.46. The predicted molar refractivity (Wildman–Crippen MR) is 62.0 cm³/mol. The van der Waals surface area contributed by atoms with Gasteiger partial charge in [0.15, 0.2) is 0 Å². The molecule has 5 nitrogen and oxygen atoms in total. The molecule has 1 heterocycles. The van der Waals surface area contributed by atoms with Crippen LogP contribution in [0.2, 0.25) is 0 Å². The van der Waals surface area contributed by atoms with Gasteiger partial charge in [-0.3, -0.25) is 14.5 Å². The van der Waals surface area contributed by atoms with Gasteiger partial charge in [-0.15, -0.1) is 0 Å². The smallest absolute Gasteiger partial charge is 0.261 e. The molecule has 0 radical (unpaired) electrons. The third kappa shape index (κ3) is 1.48. The van der Waals surface area contributed by atoms with Crippen molar-refractivity contribution in [1.82, 2.24) is 4.90 Å². The molecule has 1 aromatic rings. The van der Waals surface area contributed by atoms with Crippen LogP contribution >= 0.6 is 0 Å². The number of benzene rings is 1. The lowest BCUT2D eigenvalue weighted by molar-refractivity contribution is 0.0416. The molecule has 1 saturated carbocycles. The number of rotatable bonds is 1. The summed E-state index contributed by atoms with van der Waals surface area (Å²) in [6.45, 7) is 0. The first-order valence-corrected chi connectivity index (χ1v) is 5.92. The number of fused-ring (bicyclic) bond motifs is 1. The van der Waals surface area contributed by atoms with Crippen LogP contribution in [0.3, 0.4) is 0 Å². The highest BCUT2D eigenvalue weighted by molar-refractivity contribution is 6.21. The van der Waals surface area contributed by atoms with Gasteiger partial charge in [0.1, 0.15) is 0 Å². The number of amides is 2. The second kappa shape index (κ2) is 3.90. The zero-order chi connectivity index (χ0) is 12.9. The number of aliphatic hydroxyl groups excluding tert-OH is 2. The number of aliphatic hydroxyl groups is 2.